The van der Waals surface area contributed by atoms with E-state index >= 15 is 0 Å². The Hall–Kier alpha value is -8.72. The Bertz CT molecular complexity index is 4410. The summed E-state index contributed by atoms with van der Waals surface area (Å²) in [4.78, 5) is 2.56. The number of fused-ring (bicyclic) bond motifs is 14. The summed E-state index contributed by atoms with van der Waals surface area (Å²) in [5, 5.41) is 15.2. The lowest BCUT2D eigenvalue weighted by Gasteiger charge is -2.31. The number of para-hydroxylation sites is 1. The van der Waals surface area contributed by atoms with Gasteiger partial charge in [0.15, 0.2) is 0 Å². The molecule has 14 rings (SSSR count). The zero-order valence-electron chi connectivity index (χ0n) is 40.8. The molecular weight excluding hydrogens is 869 g/mol. The van der Waals surface area contributed by atoms with Crippen molar-refractivity contribution in [2.75, 3.05) is 11.4 Å². The lowest BCUT2D eigenvalue weighted by Crippen LogP contribution is -2.32. The van der Waals surface area contributed by atoms with Crippen molar-refractivity contribution in [1.29, 1.82) is 0 Å². The fourth-order valence-corrected chi connectivity index (χ4v) is 12.6. The smallest absolute Gasteiger partial charge is 0.0626 e. The van der Waals surface area contributed by atoms with Crippen LogP contribution in [0.15, 0.2) is 237 Å². The van der Waals surface area contributed by atoms with Gasteiger partial charge < -0.3 is 9.47 Å². The quantitative estimate of drug-likeness (QED) is 0.151. The monoisotopic (exact) mass is 920 g/mol. The van der Waals surface area contributed by atoms with E-state index in [0.29, 0.717) is 0 Å². The van der Waals surface area contributed by atoms with Gasteiger partial charge in [0, 0.05) is 56.5 Å². The van der Waals surface area contributed by atoms with Crippen LogP contribution >= 0.6 is 0 Å². The van der Waals surface area contributed by atoms with E-state index in [1.807, 2.05) is 0 Å². The van der Waals surface area contributed by atoms with Crippen molar-refractivity contribution in [3.05, 3.63) is 258 Å². The summed E-state index contributed by atoms with van der Waals surface area (Å²) < 4.78 is 2.51. The highest BCUT2D eigenvalue weighted by atomic mass is 15.1. The molecular formula is C70H52N2. The zero-order chi connectivity index (χ0) is 48.1. The summed E-state index contributed by atoms with van der Waals surface area (Å²) in [5.41, 5.74) is 15.1. The molecule has 0 N–H and O–H groups in total. The SMILES string of the molecule is C/C=c1/cccc/c1=C1\C=CC=CC1CN(c1ccc(-c2cc3c4ccccc4c4c(c5ccccc5n4-c4ccc5ccccc5c4)c3c3ccccc23)cc1)c1ccc2c(c1)C(C)(C)c1ccccc1-2. The van der Waals surface area contributed by atoms with Crippen LogP contribution in [0.4, 0.5) is 11.4 Å². The summed E-state index contributed by atoms with van der Waals surface area (Å²) in [6, 6.07) is 79.5. The van der Waals surface area contributed by atoms with Gasteiger partial charge in [-0.25, -0.2) is 0 Å². The van der Waals surface area contributed by atoms with Crippen LogP contribution in [0.5, 0.6) is 0 Å². The van der Waals surface area contributed by atoms with E-state index < -0.39 is 0 Å². The highest BCUT2D eigenvalue weighted by molar-refractivity contribution is 6.38. The van der Waals surface area contributed by atoms with Crippen LogP contribution in [0.3, 0.4) is 0 Å². The van der Waals surface area contributed by atoms with E-state index in [2.05, 4.69) is 273 Å². The maximum atomic E-state index is 2.56. The minimum atomic E-state index is -0.115. The molecule has 12 aromatic rings. The van der Waals surface area contributed by atoms with Crippen molar-refractivity contribution in [2.24, 2.45) is 5.92 Å². The fraction of sp³-hybridized carbons (Fsp3) is 0.0857. The summed E-state index contributed by atoms with van der Waals surface area (Å²) in [6.07, 6.45) is 11.4. The third kappa shape index (κ3) is 6.42. The number of nitrogens with zero attached hydrogens (tertiary/aromatic N) is 2. The fourth-order valence-electron chi connectivity index (χ4n) is 12.6. The van der Waals surface area contributed by atoms with E-state index in [1.54, 1.807) is 0 Å². The van der Waals surface area contributed by atoms with Crippen LogP contribution in [0, 0.1) is 5.92 Å². The molecule has 0 amide bonds. The first-order valence-corrected chi connectivity index (χ1v) is 25.5. The molecule has 72 heavy (non-hydrogen) atoms. The Morgan fingerprint density at radius 3 is 2.03 bits per heavy atom. The van der Waals surface area contributed by atoms with Gasteiger partial charge in [0.1, 0.15) is 0 Å². The van der Waals surface area contributed by atoms with E-state index in [-0.39, 0.29) is 11.3 Å². The molecule has 0 bridgehead atoms. The van der Waals surface area contributed by atoms with Crippen LogP contribution in [0.2, 0.25) is 0 Å². The number of hydrogen-bond acceptors (Lipinski definition) is 1. The summed E-state index contributed by atoms with van der Waals surface area (Å²) in [6.45, 7) is 7.69. The summed E-state index contributed by atoms with van der Waals surface area (Å²) >= 11 is 0. The lowest BCUT2D eigenvalue weighted by atomic mass is 9.82. The van der Waals surface area contributed by atoms with Gasteiger partial charge in [-0.2, -0.15) is 0 Å². The van der Waals surface area contributed by atoms with Crippen molar-refractivity contribution in [3.8, 4) is 27.9 Å². The first-order chi connectivity index (χ1) is 35.4. The Morgan fingerprint density at radius 1 is 0.500 bits per heavy atom. The van der Waals surface area contributed by atoms with Crippen molar-refractivity contribution >= 4 is 87.9 Å². The Balaban J connectivity index is 0.956. The molecule has 0 fully saturated rings. The molecule has 2 aliphatic carbocycles. The van der Waals surface area contributed by atoms with Gasteiger partial charge in [-0.15, -0.1) is 0 Å². The van der Waals surface area contributed by atoms with Crippen LogP contribution in [-0.4, -0.2) is 11.1 Å². The normalized spacial score (nSPS) is 15.9. The average Bonchev–Trinajstić information content (AvgIpc) is 3.90. The standard InChI is InChI=1S/C70H52N2/c1-4-45-19-7-9-23-53(45)54-24-10-8-22-49(54)44-71(51-39-40-58-57-27-15-17-31-64(57)70(2,3)65(58)42-51)50-36-34-47(35-37-50)62-43-63-56-26-12-14-29-60(56)69-68(67(63)59-28-13-11-25-55(59)62)61-30-16-18-32-66(61)72(69)52-38-33-46-20-5-6-21-48(46)41-52/h4-43,49H,44H2,1-3H3/b45-4-,54-53-. The molecule has 0 radical (unpaired) electrons. The Kier molecular flexibility index (Phi) is 9.63. The lowest BCUT2D eigenvalue weighted by molar-refractivity contribution is 0.660. The van der Waals surface area contributed by atoms with Gasteiger partial charge in [0.25, 0.3) is 0 Å². The van der Waals surface area contributed by atoms with Crippen molar-refractivity contribution < 1.29 is 0 Å². The van der Waals surface area contributed by atoms with E-state index in [1.165, 1.54) is 131 Å². The van der Waals surface area contributed by atoms with Crippen LogP contribution in [-0.2, 0) is 5.41 Å². The van der Waals surface area contributed by atoms with Crippen LogP contribution < -0.4 is 15.3 Å². The number of benzene rings is 11. The molecule has 0 saturated carbocycles. The van der Waals surface area contributed by atoms with Crippen molar-refractivity contribution in [1.82, 2.24) is 4.57 Å². The van der Waals surface area contributed by atoms with Crippen molar-refractivity contribution in [3.63, 3.8) is 0 Å². The Morgan fingerprint density at radius 2 is 1.18 bits per heavy atom. The van der Waals surface area contributed by atoms with Gasteiger partial charge in [-0.05, 0) is 137 Å². The van der Waals surface area contributed by atoms with Gasteiger partial charge in [-0.3, -0.25) is 0 Å². The molecule has 2 aliphatic rings. The zero-order valence-corrected chi connectivity index (χ0v) is 40.8. The third-order valence-corrected chi connectivity index (χ3v) is 16.1. The number of aromatic nitrogens is 1. The number of anilines is 2. The summed E-state index contributed by atoms with van der Waals surface area (Å²) in [7, 11) is 0. The minimum Gasteiger partial charge on any atom is -0.341 e. The molecule has 1 unspecified atom stereocenters. The van der Waals surface area contributed by atoms with Crippen LogP contribution in [0.25, 0.3) is 104 Å². The first-order valence-electron chi connectivity index (χ1n) is 25.5. The number of rotatable bonds is 6. The molecule has 342 valence electrons. The maximum Gasteiger partial charge on any atom is 0.0626 e. The second kappa shape index (κ2) is 16.4. The molecule has 1 aromatic heterocycles. The topological polar surface area (TPSA) is 8.17 Å². The molecule has 1 heterocycles. The molecule has 0 spiro atoms. The van der Waals surface area contributed by atoms with E-state index in [0.717, 1.165) is 6.54 Å². The molecule has 0 saturated heterocycles. The van der Waals surface area contributed by atoms with Crippen LogP contribution in [0.1, 0.15) is 31.9 Å². The first kappa shape index (κ1) is 42.2. The largest absolute Gasteiger partial charge is 0.341 e. The van der Waals surface area contributed by atoms with Gasteiger partial charge >= 0.3 is 0 Å². The predicted molar refractivity (Wildman–Crippen MR) is 308 cm³/mol. The molecule has 11 aromatic carbocycles. The average molecular weight is 921 g/mol. The minimum absolute atomic E-state index is 0.115. The van der Waals surface area contributed by atoms with E-state index in [4.69, 9.17) is 0 Å². The van der Waals surface area contributed by atoms with Gasteiger partial charge in [0.05, 0.1) is 11.0 Å². The highest BCUT2D eigenvalue weighted by Crippen LogP contribution is 2.51. The van der Waals surface area contributed by atoms with Crippen molar-refractivity contribution in [2.45, 2.75) is 26.2 Å². The highest BCUT2D eigenvalue weighted by Gasteiger charge is 2.36. The maximum absolute atomic E-state index is 2.56. The molecule has 2 nitrogen and oxygen atoms in total. The van der Waals surface area contributed by atoms with Gasteiger partial charge in [-0.1, -0.05) is 208 Å². The Labute approximate surface area is 420 Å². The predicted octanol–water partition coefficient (Wildman–Crippen LogP) is 16.9. The number of hydrogen-bond donors (Lipinski definition) is 0. The van der Waals surface area contributed by atoms with E-state index in [9.17, 15) is 0 Å². The third-order valence-electron chi connectivity index (χ3n) is 16.1. The molecule has 0 aliphatic heterocycles. The molecule has 2 heteroatoms. The van der Waals surface area contributed by atoms with Gasteiger partial charge in [0.2, 0.25) is 0 Å². The second-order valence-electron chi connectivity index (χ2n) is 20.3. The molecule has 1 atom stereocenters. The summed E-state index contributed by atoms with van der Waals surface area (Å²) in [5.74, 6) is 0.163. The number of allylic oxidation sites excluding steroid dienone is 3. The second-order valence-corrected chi connectivity index (χ2v) is 20.3.